The summed E-state index contributed by atoms with van der Waals surface area (Å²) in [7, 11) is 0. The zero-order chi connectivity index (χ0) is 12.9. The van der Waals surface area contributed by atoms with Crippen LogP contribution in [-0.4, -0.2) is 5.91 Å². The first-order valence-corrected chi connectivity index (χ1v) is 6.95. The van der Waals surface area contributed by atoms with Crippen LogP contribution < -0.4 is 5.73 Å². The van der Waals surface area contributed by atoms with Crippen molar-refractivity contribution in [2.24, 2.45) is 17.6 Å². The molecule has 0 radical (unpaired) electrons. The van der Waals surface area contributed by atoms with Crippen LogP contribution >= 0.6 is 0 Å². The topological polar surface area (TPSA) is 43.1 Å². The Morgan fingerprint density at radius 2 is 2.22 bits per heavy atom. The Labute approximate surface area is 109 Å². The summed E-state index contributed by atoms with van der Waals surface area (Å²) in [6, 6.07) is 6.06. The second-order valence-corrected chi connectivity index (χ2v) is 6.30. The van der Waals surface area contributed by atoms with E-state index in [0.29, 0.717) is 11.5 Å². The highest BCUT2D eigenvalue weighted by Crippen LogP contribution is 2.52. The summed E-state index contributed by atoms with van der Waals surface area (Å²) in [5.41, 5.74) is 9.12. The molecule has 0 aromatic heterocycles. The van der Waals surface area contributed by atoms with E-state index in [1.807, 2.05) is 6.07 Å². The second-order valence-electron chi connectivity index (χ2n) is 6.30. The summed E-state index contributed by atoms with van der Waals surface area (Å²) in [4.78, 5) is 11.4. The molecule has 18 heavy (non-hydrogen) atoms. The van der Waals surface area contributed by atoms with E-state index in [9.17, 15) is 4.79 Å². The van der Waals surface area contributed by atoms with E-state index >= 15 is 0 Å². The van der Waals surface area contributed by atoms with Crippen molar-refractivity contribution < 1.29 is 4.79 Å². The van der Waals surface area contributed by atoms with Crippen molar-refractivity contribution in [1.29, 1.82) is 0 Å². The van der Waals surface area contributed by atoms with Gasteiger partial charge in [0.1, 0.15) is 0 Å². The van der Waals surface area contributed by atoms with Gasteiger partial charge in [0.05, 0.1) is 0 Å². The van der Waals surface area contributed by atoms with Gasteiger partial charge in [-0.1, -0.05) is 26.3 Å². The fourth-order valence-corrected chi connectivity index (χ4v) is 4.11. The van der Waals surface area contributed by atoms with Gasteiger partial charge in [-0.25, -0.2) is 0 Å². The van der Waals surface area contributed by atoms with Crippen LogP contribution in [0.15, 0.2) is 18.2 Å². The highest BCUT2D eigenvalue weighted by molar-refractivity contribution is 5.93. The first-order valence-electron chi connectivity index (χ1n) is 6.95. The molecule has 2 aliphatic carbocycles. The number of fused-ring (bicyclic) bond motifs is 4. The quantitative estimate of drug-likeness (QED) is 0.809. The van der Waals surface area contributed by atoms with Crippen LogP contribution in [0.3, 0.4) is 0 Å². The van der Waals surface area contributed by atoms with Crippen molar-refractivity contribution >= 4 is 5.91 Å². The van der Waals surface area contributed by atoms with Gasteiger partial charge < -0.3 is 5.73 Å². The summed E-state index contributed by atoms with van der Waals surface area (Å²) in [5.74, 6) is 1.21. The number of rotatable bonds is 1. The van der Waals surface area contributed by atoms with E-state index in [4.69, 9.17) is 5.73 Å². The molecule has 2 nitrogen and oxygen atoms in total. The smallest absolute Gasteiger partial charge is 0.248 e. The predicted molar refractivity (Wildman–Crippen MR) is 72.5 cm³/mol. The van der Waals surface area contributed by atoms with Crippen molar-refractivity contribution in [2.75, 3.05) is 0 Å². The third-order valence-electron chi connectivity index (χ3n) is 5.47. The summed E-state index contributed by atoms with van der Waals surface area (Å²) >= 11 is 0. The number of benzene rings is 1. The Bertz CT molecular complexity index is 508. The van der Waals surface area contributed by atoms with Crippen LogP contribution in [0, 0.1) is 11.8 Å². The minimum absolute atomic E-state index is 0.238. The Kier molecular flexibility index (Phi) is 2.51. The second kappa shape index (κ2) is 3.84. The molecule has 1 amide bonds. The molecule has 1 fully saturated rings. The number of carbonyl (C=O) groups is 1. The fourth-order valence-electron chi connectivity index (χ4n) is 4.11. The van der Waals surface area contributed by atoms with Gasteiger partial charge in [0, 0.05) is 5.56 Å². The van der Waals surface area contributed by atoms with Gasteiger partial charge in [0.2, 0.25) is 5.91 Å². The highest BCUT2D eigenvalue weighted by Gasteiger charge is 2.45. The molecule has 0 heterocycles. The first-order chi connectivity index (χ1) is 8.52. The van der Waals surface area contributed by atoms with Crippen LogP contribution in [0.4, 0.5) is 0 Å². The lowest BCUT2D eigenvalue weighted by Gasteiger charge is -2.50. The van der Waals surface area contributed by atoms with E-state index in [-0.39, 0.29) is 11.3 Å². The number of primary amides is 1. The predicted octanol–water partition coefficient (Wildman–Crippen LogP) is 3.04. The largest absolute Gasteiger partial charge is 0.366 e. The number of amides is 1. The highest BCUT2D eigenvalue weighted by atomic mass is 16.1. The van der Waals surface area contributed by atoms with Gasteiger partial charge in [-0.2, -0.15) is 0 Å². The standard InChI is InChI=1S/C16H21NO/c1-10-11-4-3-7-16(10,2)14-9-13(15(17)18)6-5-12(14)8-11/h5-6,9-11H,3-4,7-8H2,1-2H3,(H2,17,18)/t10-,11+,16+/m0/s1. The average Bonchev–Trinajstić information content (AvgIpc) is 2.33. The summed E-state index contributed by atoms with van der Waals surface area (Å²) < 4.78 is 0. The molecule has 0 spiro atoms. The Morgan fingerprint density at radius 1 is 1.44 bits per heavy atom. The van der Waals surface area contributed by atoms with Crippen molar-refractivity contribution in [2.45, 2.75) is 44.9 Å². The molecule has 3 atom stereocenters. The lowest BCUT2D eigenvalue weighted by atomic mass is 9.54. The van der Waals surface area contributed by atoms with Crippen LogP contribution in [0.5, 0.6) is 0 Å². The Morgan fingerprint density at radius 3 is 2.94 bits per heavy atom. The van der Waals surface area contributed by atoms with Crippen molar-refractivity contribution in [1.82, 2.24) is 0 Å². The molecule has 1 aromatic rings. The van der Waals surface area contributed by atoms with E-state index in [1.54, 1.807) is 0 Å². The molecule has 96 valence electrons. The van der Waals surface area contributed by atoms with Gasteiger partial charge in [0.25, 0.3) is 0 Å². The van der Waals surface area contributed by atoms with Gasteiger partial charge in [-0.15, -0.1) is 0 Å². The fraction of sp³-hybridized carbons (Fsp3) is 0.562. The van der Waals surface area contributed by atoms with Crippen LogP contribution in [0.2, 0.25) is 0 Å². The molecule has 0 unspecified atom stereocenters. The molecule has 2 bridgehead atoms. The van der Waals surface area contributed by atoms with Gasteiger partial charge in [-0.3, -0.25) is 4.79 Å². The lowest BCUT2D eigenvalue weighted by Crippen LogP contribution is -2.44. The van der Waals surface area contributed by atoms with Crippen LogP contribution in [-0.2, 0) is 11.8 Å². The monoisotopic (exact) mass is 243 g/mol. The number of hydrogen-bond acceptors (Lipinski definition) is 1. The maximum atomic E-state index is 11.4. The van der Waals surface area contributed by atoms with E-state index in [0.717, 1.165) is 5.92 Å². The van der Waals surface area contributed by atoms with Crippen molar-refractivity contribution in [3.8, 4) is 0 Å². The SMILES string of the molecule is C[C@H]1[C@@H]2CCC[C@@]1(C)c1cc(C(N)=O)ccc1C2. The molecule has 1 saturated carbocycles. The molecular weight excluding hydrogens is 222 g/mol. The van der Waals surface area contributed by atoms with Crippen LogP contribution in [0.25, 0.3) is 0 Å². The zero-order valence-electron chi connectivity index (χ0n) is 11.2. The average molecular weight is 243 g/mol. The Hall–Kier alpha value is -1.31. The first kappa shape index (κ1) is 11.8. The molecule has 0 saturated heterocycles. The summed E-state index contributed by atoms with van der Waals surface area (Å²) in [5, 5.41) is 0. The maximum Gasteiger partial charge on any atom is 0.248 e. The van der Waals surface area contributed by atoms with E-state index in [1.165, 1.54) is 36.8 Å². The molecular formula is C16H21NO. The molecule has 2 aliphatic rings. The van der Waals surface area contributed by atoms with Crippen molar-refractivity contribution in [3.63, 3.8) is 0 Å². The number of carbonyl (C=O) groups excluding carboxylic acids is 1. The molecule has 2 N–H and O–H groups in total. The third-order valence-corrected chi connectivity index (χ3v) is 5.47. The maximum absolute atomic E-state index is 11.4. The third kappa shape index (κ3) is 1.51. The summed E-state index contributed by atoms with van der Waals surface area (Å²) in [6.45, 7) is 4.75. The molecule has 0 aliphatic heterocycles. The number of nitrogens with two attached hydrogens (primary N) is 1. The normalized spacial score (nSPS) is 33.9. The lowest BCUT2D eigenvalue weighted by molar-refractivity contribution is 0.0998. The van der Waals surface area contributed by atoms with Gasteiger partial charge in [-0.05, 0) is 59.8 Å². The van der Waals surface area contributed by atoms with E-state index < -0.39 is 0 Å². The molecule has 1 aromatic carbocycles. The van der Waals surface area contributed by atoms with Gasteiger partial charge in [0.15, 0.2) is 0 Å². The van der Waals surface area contributed by atoms with Gasteiger partial charge >= 0.3 is 0 Å². The minimum Gasteiger partial charge on any atom is -0.366 e. The van der Waals surface area contributed by atoms with Crippen molar-refractivity contribution in [3.05, 3.63) is 34.9 Å². The molecule has 2 heteroatoms. The van der Waals surface area contributed by atoms with E-state index in [2.05, 4.69) is 26.0 Å². The molecule has 3 rings (SSSR count). The minimum atomic E-state index is -0.313. The Balaban J connectivity index is 2.15. The number of hydrogen-bond donors (Lipinski definition) is 1. The van der Waals surface area contributed by atoms with Crippen LogP contribution in [0.1, 0.15) is 54.6 Å². The zero-order valence-corrected chi connectivity index (χ0v) is 11.2. The summed E-state index contributed by atoms with van der Waals surface area (Å²) in [6.07, 6.45) is 5.07.